The van der Waals surface area contributed by atoms with Gasteiger partial charge < -0.3 is 44.5 Å². The van der Waals surface area contributed by atoms with Crippen molar-refractivity contribution in [3.8, 4) is 0 Å². The Morgan fingerprint density at radius 1 is 1.08 bits per heavy atom. The minimum Gasteiger partial charge on any atom is -0.458 e. The second-order valence-electron chi connectivity index (χ2n) is 12.8. The SMILES string of the molecule is C[C@]12CC[C@H]3[C@@H](CC=C4C[C@@H](O[C@@H]5O[C@H](CO)[C@@H](O)[C@H](O)[C@H]5O)CC[C@@]43C=O)[C@@]1(O)CCC2C1=CC(=O)OC1. The summed E-state index contributed by atoms with van der Waals surface area (Å²) in [6, 6.07) is 0. The molecule has 10 heteroatoms. The van der Waals surface area contributed by atoms with Crippen molar-refractivity contribution in [2.75, 3.05) is 13.2 Å². The van der Waals surface area contributed by atoms with Gasteiger partial charge in [0, 0.05) is 11.5 Å². The molecule has 216 valence electrons. The summed E-state index contributed by atoms with van der Waals surface area (Å²) >= 11 is 0. The lowest BCUT2D eigenvalue weighted by Crippen LogP contribution is -2.62. The van der Waals surface area contributed by atoms with Crippen LogP contribution in [0.25, 0.3) is 0 Å². The quantitative estimate of drug-likeness (QED) is 0.186. The first-order chi connectivity index (χ1) is 18.6. The molecule has 0 aromatic heterocycles. The van der Waals surface area contributed by atoms with E-state index in [1.165, 1.54) is 0 Å². The molecule has 0 radical (unpaired) electrons. The standard InChI is InChI=1S/C29H40O10/c1-27-7-5-19-20(29(27,36)9-6-18(27)15-10-22(32)37-13-15)3-2-16-11-17(4-8-28(16,19)14-31)38-26-25(35)24(34)23(33)21(12-30)39-26/h2,10,14,17-21,23-26,30,33-36H,3-9,11-13H2,1H3/t17-,18?,19-,20+,21+,23+,24-,25+,26+,27+,28+,29-/m0/s1. The minimum atomic E-state index is -1.51. The van der Waals surface area contributed by atoms with Crippen LogP contribution in [0.1, 0.15) is 58.3 Å². The summed E-state index contributed by atoms with van der Waals surface area (Å²) in [5.74, 6) is -0.312. The summed E-state index contributed by atoms with van der Waals surface area (Å²) in [5.41, 5.74) is -0.0839. The molecule has 6 aliphatic rings. The normalized spacial score (nSPS) is 51.2. The highest BCUT2D eigenvalue weighted by Crippen LogP contribution is 2.68. The van der Waals surface area contributed by atoms with Gasteiger partial charge in [0.1, 0.15) is 37.3 Å². The number of allylic oxidation sites excluding steroid dienone is 1. The molecule has 5 N–H and O–H groups in total. The Labute approximate surface area is 227 Å². The van der Waals surface area contributed by atoms with Crippen LogP contribution >= 0.6 is 0 Å². The molecule has 12 atom stereocenters. The fourth-order valence-corrected chi connectivity index (χ4v) is 9.19. The van der Waals surface area contributed by atoms with Crippen LogP contribution < -0.4 is 0 Å². The van der Waals surface area contributed by atoms with E-state index in [2.05, 4.69) is 13.0 Å². The van der Waals surface area contributed by atoms with Gasteiger partial charge in [-0.3, -0.25) is 0 Å². The number of hydrogen-bond donors (Lipinski definition) is 5. The van der Waals surface area contributed by atoms with Crippen molar-refractivity contribution < 1.29 is 49.3 Å². The van der Waals surface area contributed by atoms with Crippen LogP contribution in [0.3, 0.4) is 0 Å². The summed E-state index contributed by atoms with van der Waals surface area (Å²) in [6.45, 7) is 1.91. The molecule has 1 saturated heterocycles. The van der Waals surface area contributed by atoms with E-state index in [0.717, 1.165) is 36.7 Å². The highest BCUT2D eigenvalue weighted by atomic mass is 16.7. The van der Waals surface area contributed by atoms with Gasteiger partial charge in [0.25, 0.3) is 0 Å². The van der Waals surface area contributed by atoms with E-state index >= 15 is 0 Å². The number of ether oxygens (including phenoxy) is 3. The molecule has 10 nitrogen and oxygen atoms in total. The summed E-state index contributed by atoms with van der Waals surface area (Å²) in [7, 11) is 0. The van der Waals surface area contributed by atoms with E-state index in [1.807, 2.05) is 0 Å². The molecule has 4 aliphatic carbocycles. The van der Waals surface area contributed by atoms with E-state index in [-0.39, 0.29) is 29.8 Å². The number of aldehydes is 1. The second-order valence-corrected chi connectivity index (χ2v) is 12.8. The molecular formula is C29H40O10. The van der Waals surface area contributed by atoms with Gasteiger partial charge >= 0.3 is 5.97 Å². The zero-order valence-corrected chi connectivity index (χ0v) is 22.3. The van der Waals surface area contributed by atoms with Crippen LogP contribution in [-0.2, 0) is 23.8 Å². The highest BCUT2D eigenvalue weighted by molar-refractivity contribution is 5.85. The zero-order chi connectivity index (χ0) is 27.7. The van der Waals surface area contributed by atoms with Gasteiger partial charge in [-0.15, -0.1) is 0 Å². The molecule has 2 heterocycles. The van der Waals surface area contributed by atoms with Crippen molar-refractivity contribution in [1.29, 1.82) is 0 Å². The van der Waals surface area contributed by atoms with Gasteiger partial charge in [-0.05, 0) is 74.7 Å². The lowest BCUT2D eigenvalue weighted by Gasteiger charge is -2.60. The first kappa shape index (κ1) is 27.5. The predicted molar refractivity (Wildman–Crippen MR) is 135 cm³/mol. The first-order valence-corrected chi connectivity index (χ1v) is 14.3. The number of fused-ring (bicyclic) bond motifs is 5. The second kappa shape index (κ2) is 9.72. The van der Waals surface area contributed by atoms with E-state index in [9.17, 15) is 35.1 Å². The number of hydrogen-bond acceptors (Lipinski definition) is 10. The average Bonchev–Trinajstić information content (AvgIpc) is 3.48. The molecule has 1 unspecified atom stereocenters. The molecule has 0 bridgehead atoms. The fourth-order valence-electron chi connectivity index (χ4n) is 9.19. The van der Waals surface area contributed by atoms with Gasteiger partial charge in [0.05, 0.1) is 23.7 Å². The Kier molecular flexibility index (Phi) is 6.85. The highest BCUT2D eigenvalue weighted by Gasteiger charge is 2.67. The molecule has 0 spiro atoms. The van der Waals surface area contributed by atoms with Crippen molar-refractivity contribution >= 4 is 12.3 Å². The van der Waals surface area contributed by atoms with Crippen molar-refractivity contribution in [2.45, 2.75) is 101 Å². The van der Waals surface area contributed by atoms with Gasteiger partial charge in [-0.2, -0.15) is 0 Å². The Bertz CT molecular complexity index is 1070. The maximum absolute atomic E-state index is 12.9. The smallest absolute Gasteiger partial charge is 0.331 e. The Morgan fingerprint density at radius 2 is 1.87 bits per heavy atom. The summed E-state index contributed by atoms with van der Waals surface area (Å²) in [5, 5.41) is 52.4. The number of esters is 1. The van der Waals surface area contributed by atoms with Crippen molar-refractivity contribution in [3.63, 3.8) is 0 Å². The number of rotatable bonds is 5. The van der Waals surface area contributed by atoms with E-state index in [1.54, 1.807) is 6.08 Å². The maximum atomic E-state index is 12.9. The Balaban J connectivity index is 1.22. The average molecular weight is 549 g/mol. The van der Waals surface area contributed by atoms with Crippen LogP contribution in [-0.4, -0.2) is 93.4 Å². The van der Waals surface area contributed by atoms with Crippen molar-refractivity contribution in [1.82, 2.24) is 0 Å². The number of aliphatic hydroxyl groups excluding tert-OH is 4. The third-order valence-electron chi connectivity index (χ3n) is 11.4. The lowest BCUT2D eigenvalue weighted by atomic mass is 9.45. The zero-order valence-electron chi connectivity index (χ0n) is 22.3. The van der Waals surface area contributed by atoms with Crippen LogP contribution in [0.4, 0.5) is 0 Å². The topological polar surface area (TPSA) is 163 Å². The van der Waals surface area contributed by atoms with Gasteiger partial charge in [0.15, 0.2) is 6.29 Å². The largest absolute Gasteiger partial charge is 0.458 e. The number of cyclic esters (lactones) is 1. The van der Waals surface area contributed by atoms with Gasteiger partial charge in [-0.1, -0.05) is 18.6 Å². The van der Waals surface area contributed by atoms with E-state index in [4.69, 9.17) is 14.2 Å². The first-order valence-electron chi connectivity index (χ1n) is 14.3. The molecule has 0 amide bonds. The number of carbonyl (C=O) groups is 2. The monoisotopic (exact) mass is 548 g/mol. The number of carbonyl (C=O) groups excluding carboxylic acids is 2. The van der Waals surface area contributed by atoms with Crippen LogP contribution in [0.15, 0.2) is 23.3 Å². The molecule has 4 fully saturated rings. The Hall–Kier alpha value is -1.66. The molecule has 2 aliphatic heterocycles. The van der Waals surface area contributed by atoms with Crippen molar-refractivity contribution in [3.05, 3.63) is 23.3 Å². The van der Waals surface area contributed by atoms with Gasteiger partial charge in [-0.25, -0.2) is 4.79 Å². The van der Waals surface area contributed by atoms with Crippen LogP contribution in [0.2, 0.25) is 0 Å². The molecule has 0 aromatic rings. The van der Waals surface area contributed by atoms with E-state index in [0.29, 0.717) is 38.7 Å². The van der Waals surface area contributed by atoms with Crippen molar-refractivity contribution in [2.24, 2.45) is 28.6 Å². The third-order valence-corrected chi connectivity index (χ3v) is 11.4. The van der Waals surface area contributed by atoms with E-state index < -0.39 is 53.7 Å². The summed E-state index contributed by atoms with van der Waals surface area (Å²) in [6.07, 6.45) is 2.85. The Morgan fingerprint density at radius 3 is 2.56 bits per heavy atom. The van der Waals surface area contributed by atoms with Crippen LogP contribution in [0.5, 0.6) is 0 Å². The fraction of sp³-hybridized carbons (Fsp3) is 0.793. The number of aliphatic hydroxyl groups is 5. The maximum Gasteiger partial charge on any atom is 0.331 e. The summed E-state index contributed by atoms with van der Waals surface area (Å²) < 4.78 is 16.8. The van der Waals surface area contributed by atoms with Crippen LogP contribution in [0, 0.1) is 28.6 Å². The summed E-state index contributed by atoms with van der Waals surface area (Å²) in [4.78, 5) is 24.7. The van der Waals surface area contributed by atoms with Gasteiger partial charge in [0.2, 0.25) is 0 Å². The third kappa shape index (κ3) is 3.94. The molecule has 0 aromatic carbocycles. The lowest BCUT2D eigenvalue weighted by molar-refractivity contribution is -0.313. The predicted octanol–water partition coefficient (Wildman–Crippen LogP) is 0.528. The minimum absolute atomic E-state index is 0.00419. The molecule has 3 saturated carbocycles. The molecular weight excluding hydrogens is 508 g/mol. The molecule has 6 rings (SSSR count). The molecule has 39 heavy (non-hydrogen) atoms.